The van der Waals surface area contributed by atoms with E-state index in [0.717, 1.165) is 11.3 Å². The second-order valence-corrected chi connectivity index (χ2v) is 7.84. The molecule has 3 N–H and O–H groups in total. The van der Waals surface area contributed by atoms with Crippen molar-refractivity contribution in [2.75, 3.05) is 11.9 Å². The van der Waals surface area contributed by atoms with E-state index in [-0.39, 0.29) is 15.6 Å². The number of nitrogens with zero attached hydrogens (tertiary/aromatic N) is 3. The summed E-state index contributed by atoms with van der Waals surface area (Å²) in [5.41, 5.74) is -1.06. The zero-order valence-corrected chi connectivity index (χ0v) is 19.0. The average Bonchev–Trinajstić information content (AvgIpc) is 2.79. The Morgan fingerprint density at radius 2 is 1.67 bits per heavy atom. The zero-order valence-electron chi connectivity index (χ0n) is 17.4. The van der Waals surface area contributed by atoms with E-state index in [1.807, 2.05) is 36.2 Å². The van der Waals surface area contributed by atoms with E-state index in [1.165, 1.54) is 18.2 Å². The lowest BCUT2D eigenvalue weighted by Crippen LogP contribution is -2.54. The third-order valence-corrected chi connectivity index (χ3v) is 5.35. The predicted molar refractivity (Wildman–Crippen MR) is 127 cm³/mol. The lowest BCUT2D eigenvalue weighted by Gasteiger charge is -2.23. The van der Waals surface area contributed by atoms with Gasteiger partial charge in [-0.25, -0.2) is 14.8 Å². The number of rotatable bonds is 8. The molecule has 0 saturated carbocycles. The Hall–Kier alpha value is -3.46. The standard InChI is InChI=1S/C23H20Cl2N4O4/c1-29(22-26-13-4-14-27-22)16-10-8-15(9-11-16)5-3-12-23(33,21(31)32)28-20(30)19-17(24)6-2-7-18(19)25/h2-11,13-14,33H,12H2,1H3,(H,28,30)(H,31,32)/b5-3+/t23-/m0/s1. The van der Waals surface area contributed by atoms with Crippen LogP contribution >= 0.6 is 23.2 Å². The number of anilines is 2. The maximum atomic E-state index is 12.5. The van der Waals surface area contributed by atoms with Crippen LogP contribution in [-0.2, 0) is 4.79 Å². The SMILES string of the molecule is CN(c1ccc(/C=C/C[C@@](O)(NC(=O)c2c(Cl)cccc2Cl)C(=O)O)cc1)c1ncccn1. The number of halogens is 2. The molecule has 0 aliphatic rings. The molecule has 10 heteroatoms. The first-order valence-electron chi connectivity index (χ1n) is 9.71. The summed E-state index contributed by atoms with van der Waals surface area (Å²) in [7, 11) is 1.83. The summed E-state index contributed by atoms with van der Waals surface area (Å²) in [6.45, 7) is 0. The molecule has 0 aliphatic carbocycles. The highest BCUT2D eigenvalue weighted by molar-refractivity contribution is 6.39. The second-order valence-electron chi connectivity index (χ2n) is 7.02. The highest BCUT2D eigenvalue weighted by Crippen LogP contribution is 2.25. The molecular formula is C23H20Cl2N4O4. The van der Waals surface area contributed by atoms with Crippen LogP contribution in [0, 0.1) is 0 Å². The van der Waals surface area contributed by atoms with Crippen LogP contribution in [-0.4, -0.2) is 44.8 Å². The summed E-state index contributed by atoms with van der Waals surface area (Å²) < 4.78 is 0. The van der Waals surface area contributed by atoms with Gasteiger partial charge in [-0.05, 0) is 35.9 Å². The van der Waals surface area contributed by atoms with Gasteiger partial charge in [-0.3, -0.25) is 4.79 Å². The van der Waals surface area contributed by atoms with Gasteiger partial charge in [0.2, 0.25) is 11.7 Å². The van der Waals surface area contributed by atoms with Crippen molar-refractivity contribution in [3.05, 3.63) is 88.2 Å². The number of hydrogen-bond acceptors (Lipinski definition) is 6. The smallest absolute Gasteiger partial charge is 0.357 e. The van der Waals surface area contributed by atoms with Crippen molar-refractivity contribution in [3.8, 4) is 0 Å². The minimum atomic E-state index is -2.55. The molecule has 1 atom stereocenters. The summed E-state index contributed by atoms with van der Waals surface area (Å²) in [5.74, 6) is -1.98. The molecule has 0 aliphatic heterocycles. The number of carboxylic acids is 1. The Balaban J connectivity index is 1.70. The van der Waals surface area contributed by atoms with Crippen LogP contribution in [0.25, 0.3) is 6.08 Å². The van der Waals surface area contributed by atoms with E-state index >= 15 is 0 Å². The molecule has 0 fully saturated rings. The first-order valence-corrected chi connectivity index (χ1v) is 10.5. The van der Waals surface area contributed by atoms with Gasteiger partial charge in [0.25, 0.3) is 5.91 Å². The second kappa shape index (κ2) is 10.4. The molecular weight excluding hydrogens is 467 g/mol. The number of benzene rings is 2. The molecule has 0 saturated heterocycles. The Kier molecular flexibility index (Phi) is 7.65. The van der Waals surface area contributed by atoms with E-state index in [4.69, 9.17) is 23.2 Å². The average molecular weight is 487 g/mol. The van der Waals surface area contributed by atoms with Gasteiger partial charge in [0.1, 0.15) is 0 Å². The fourth-order valence-corrected chi connectivity index (χ4v) is 3.48. The summed E-state index contributed by atoms with van der Waals surface area (Å²) in [4.78, 5) is 34.4. The number of nitrogens with one attached hydrogen (secondary N) is 1. The van der Waals surface area contributed by atoms with Crippen LogP contribution in [0.1, 0.15) is 22.3 Å². The number of carboxylic acid groups (broad SMARTS) is 1. The fourth-order valence-electron chi connectivity index (χ4n) is 2.91. The summed E-state index contributed by atoms with van der Waals surface area (Å²) >= 11 is 12.0. The monoisotopic (exact) mass is 486 g/mol. The minimum Gasteiger partial charge on any atom is -0.478 e. The van der Waals surface area contributed by atoms with Crippen LogP contribution < -0.4 is 10.2 Å². The van der Waals surface area contributed by atoms with Gasteiger partial charge < -0.3 is 20.4 Å². The molecule has 1 amide bonds. The van der Waals surface area contributed by atoms with Crippen LogP contribution in [0.4, 0.5) is 11.6 Å². The first-order chi connectivity index (χ1) is 15.7. The van der Waals surface area contributed by atoms with Crippen LogP contribution in [0.2, 0.25) is 10.0 Å². The topological polar surface area (TPSA) is 116 Å². The molecule has 0 unspecified atom stereocenters. The molecule has 8 nitrogen and oxygen atoms in total. The van der Waals surface area contributed by atoms with E-state index in [1.54, 1.807) is 30.6 Å². The predicted octanol–water partition coefficient (Wildman–Crippen LogP) is 4.16. The van der Waals surface area contributed by atoms with Crippen LogP contribution in [0.3, 0.4) is 0 Å². The molecule has 3 rings (SSSR count). The van der Waals surface area contributed by atoms with Gasteiger partial charge in [-0.1, -0.05) is 53.6 Å². The largest absolute Gasteiger partial charge is 0.478 e. The lowest BCUT2D eigenvalue weighted by molar-refractivity contribution is -0.160. The Bertz CT molecular complexity index is 1150. The molecule has 170 valence electrons. The number of amides is 1. The maximum Gasteiger partial charge on any atom is 0.357 e. The zero-order chi connectivity index (χ0) is 24.0. The minimum absolute atomic E-state index is 0.0363. The summed E-state index contributed by atoms with van der Waals surface area (Å²) in [6, 6.07) is 13.5. The Labute approximate surface area is 200 Å². The molecule has 1 heterocycles. The number of carbonyl (C=O) groups is 2. The third-order valence-electron chi connectivity index (χ3n) is 4.72. The number of aromatic nitrogens is 2. The normalized spacial score (nSPS) is 12.8. The quantitative estimate of drug-likeness (QED) is 0.409. The van der Waals surface area contributed by atoms with E-state index < -0.39 is 24.0 Å². The van der Waals surface area contributed by atoms with Gasteiger partial charge in [0.15, 0.2) is 0 Å². The Morgan fingerprint density at radius 3 is 2.24 bits per heavy atom. The van der Waals surface area contributed by atoms with Crippen molar-refractivity contribution in [1.82, 2.24) is 15.3 Å². The van der Waals surface area contributed by atoms with Gasteiger partial charge in [-0.15, -0.1) is 0 Å². The van der Waals surface area contributed by atoms with Crippen molar-refractivity contribution >= 4 is 52.8 Å². The summed E-state index contributed by atoms with van der Waals surface area (Å²) in [6.07, 6.45) is 5.98. The molecule has 0 spiro atoms. The van der Waals surface area contributed by atoms with Crippen molar-refractivity contribution in [2.45, 2.75) is 12.1 Å². The van der Waals surface area contributed by atoms with Crippen molar-refractivity contribution < 1.29 is 19.8 Å². The number of carbonyl (C=O) groups excluding carboxylic acids is 1. The van der Waals surface area contributed by atoms with E-state index in [2.05, 4.69) is 15.3 Å². The van der Waals surface area contributed by atoms with Crippen molar-refractivity contribution in [2.24, 2.45) is 0 Å². The molecule has 3 aromatic rings. The first kappa shape index (κ1) is 24.2. The molecule has 33 heavy (non-hydrogen) atoms. The van der Waals surface area contributed by atoms with Gasteiger partial charge >= 0.3 is 5.97 Å². The van der Waals surface area contributed by atoms with E-state index in [9.17, 15) is 19.8 Å². The number of aliphatic hydroxyl groups is 1. The van der Waals surface area contributed by atoms with Crippen molar-refractivity contribution in [3.63, 3.8) is 0 Å². The molecule has 0 radical (unpaired) electrons. The van der Waals surface area contributed by atoms with Crippen molar-refractivity contribution in [1.29, 1.82) is 0 Å². The number of hydrogen-bond donors (Lipinski definition) is 3. The van der Waals surface area contributed by atoms with Crippen LogP contribution in [0.5, 0.6) is 0 Å². The number of aliphatic carboxylic acids is 1. The van der Waals surface area contributed by atoms with Gasteiger partial charge in [0, 0.05) is 31.5 Å². The highest BCUT2D eigenvalue weighted by Gasteiger charge is 2.37. The summed E-state index contributed by atoms with van der Waals surface area (Å²) in [5, 5.41) is 22.2. The third kappa shape index (κ3) is 5.87. The molecule has 2 aromatic carbocycles. The maximum absolute atomic E-state index is 12.5. The molecule has 1 aromatic heterocycles. The lowest BCUT2D eigenvalue weighted by atomic mass is 10.1. The highest BCUT2D eigenvalue weighted by atomic mass is 35.5. The van der Waals surface area contributed by atoms with Crippen LogP contribution in [0.15, 0.2) is 67.0 Å². The van der Waals surface area contributed by atoms with E-state index in [0.29, 0.717) is 5.95 Å². The fraction of sp³-hybridized carbons (Fsp3) is 0.130. The van der Waals surface area contributed by atoms with Gasteiger partial charge in [-0.2, -0.15) is 0 Å². The molecule has 0 bridgehead atoms. The van der Waals surface area contributed by atoms with Gasteiger partial charge in [0.05, 0.1) is 15.6 Å². The Morgan fingerprint density at radius 1 is 1.06 bits per heavy atom.